The Morgan fingerprint density at radius 2 is 1.89 bits per heavy atom. The number of ether oxygens (including phenoxy) is 2. The van der Waals surface area contributed by atoms with Gasteiger partial charge in [0.25, 0.3) is 5.91 Å². The zero-order valence-corrected chi connectivity index (χ0v) is 17.2. The van der Waals surface area contributed by atoms with E-state index in [0.717, 1.165) is 5.56 Å². The molecule has 0 unspecified atom stereocenters. The van der Waals surface area contributed by atoms with Crippen molar-refractivity contribution in [3.05, 3.63) is 29.3 Å². The topological polar surface area (TPSA) is 93.2 Å². The summed E-state index contributed by atoms with van der Waals surface area (Å²) in [6, 6.07) is 4.81. The van der Waals surface area contributed by atoms with Gasteiger partial charge in [-0.25, -0.2) is 13.2 Å². The molecule has 0 N–H and O–H groups in total. The summed E-state index contributed by atoms with van der Waals surface area (Å²) in [6.07, 6.45) is 2.43. The molecule has 1 fully saturated rings. The van der Waals surface area contributed by atoms with Crippen LogP contribution in [0.5, 0.6) is 0 Å². The molecule has 0 saturated carbocycles. The number of rotatable bonds is 4. The molecule has 9 heteroatoms. The van der Waals surface area contributed by atoms with Crippen LogP contribution < -0.4 is 4.31 Å². The van der Waals surface area contributed by atoms with Gasteiger partial charge in [-0.3, -0.25) is 9.10 Å². The molecule has 1 aromatic rings. The van der Waals surface area contributed by atoms with Gasteiger partial charge in [-0.1, -0.05) is 0 Å². The van der Waals surface area contributed by atoms with Gasteiger partial charge in [-0.05, 0) is 50.5 Å². The van der Waals surface area contributed by atoms with Crippen LogP contribution in [0.1, 0.15) is 36.2 Å². The number of anilines is 1. The number of esters is 1. The fraction of sp³-hybridized carbons (Fsp3) is 0.579. The number of sulfonamides is 1. The smallest absolute Gasteiger partial charge is 0.338 e. The number of carbonyl (C=O) groups is 2. The van der Waals surface area contributed by atoms with Gasteiger partial charge in [-0.15, -0.1) is 0 Å². The van der Waals surface area contributed by atoms with Gasteiger partial charge >= 0.3 is 5.97 Å². The molecular formula is C19H26N2O6S. The first-order valence-electron chi connectivity index (χ1n) is 9.36. The van der Waals surface area contributed by atoms with Crippen LogP contribution in [0.25, 0.3) is 0 Å². The molecule has 28 heavy (non-hydrogen) atoms. The van der Waals surface area contributed by atoms with Crippen LogP contribution in [-0.4, -0.2) is 69.9 Å². The molecule has 0 radical (unpaired) electrons. The summed E-state index contributed by atoms with van der Waals surface area (Å²) >= 11 is 0. The van der Waals surface area contributed by atoms with Crippen LogP contribution in [0.4, 0.5) is 5.69 Å². The molecule has 3 rings (SSSR count). The van der Waals surface area contributed by atoms with Crippen molar-refractivity contribution in [2.75, 3.05) is 36.8 Å². The average molecular weight is 410 g/mol. The monoisotopic (exact) mass is 410 g/mol. The molecule has 154 valence electrons. The van der Waals surface area contributed by atoms with Crippen molar-refractivity contribution in [1.82, 2.24) is 4.90 Å². The van der Waals surface area contributed by atoms with Crippen LogP contribution in [0.3, 0.4) is 0 Å². The van der Waals surface area contributed by atoms with Gasteiger partial charge in [0.15, 0.2) is 6.61 Å². The van der Waals surface area contributed by atoms with Gasteiger partial charge in [0, 0.05) is 19.6 Å². The van der Waals surface area contributed by atoms with Gasteiger partial charge < -0.3 is 14.4 Å². The van der Waals surface area contributed by atoms with E-state index in [2.05, 4.69) is 0 Å². The molecule has 8 nitrogen and oxygen atoms in total. The predicted octanol–water partition coefficient (Wildman–Crippen LogP) is 1.19. The van der Waals surface area contributed by atoms with Crippen LogP contribution >= 0.6 is 0 Å². The van der Waals surface area contributed by atoms with Crippen LogP contribution in [0.2, 0.25) is 0 Å². The second-order valence-corrected chi connectivity index (χ2v) is 9.32. The lowest BCUT2D eigenvalue weighted by atomic mass is 10.0. The fourth-order valence-corrected chi connectivity index (χ4v) is 4.71. The molecule has 2 heterocycles. The Morgan fingerprint density at radius 1 is 1.21 bits per heavy atom. The number of fused-ring (bicyclic) bond motifs is 1. The molecular weight excluding hydrogens is 384 g/mol. The summed E-state index contributed by atoms with van der Waals surface area (Å²) < 4.78 is 36.0. The van der Waals surface area contributed by atoms with E-state index >= 15 is 0 Å². The lowest BCUT2D eigenvalue weighted by molar-refractivity contribution is -0.146. The summed E-state index contributed by atoms with van der Waals surface area (Å²) in [7, 11) is -3.36. The minimum absolute atomic E-state index is 0.0539. The molecule has 2 aliphatic rings. The number of aryl methyl sites for hydroxylation is 1. The summed E-state index contributed by atoms with van der Waals surface area (Å²) in [6.45, 7) is 4.84. The predicted molar refractivity (Wildman–Crippen MR) is 104 cm³/mol. The zero-order chi connectivity index (χ0) is 20.5. The Hall–Kier alpha value is -2.13. The van der Waals surface area contributed by atoms with Crippen molar-refractivity contribution in [3.8, 4) is 0 Å². The van der Waals surface area contributed by atoms with E-state index in [-0.39, 0.29) is 24.7 Å². The highest BCUT2D eigenvalue weighted by atomic mass is 32.2. The molecule has 0 aliphatic carbocycles. The van der Waals surface area contributed by atoms with Gasteiger partial charge in [-0.2, -0.15) is 0 Å². The lowest BCUT2D eigenvalue weighted by Gasteiger charge is -2.35. The van der Waals surface area contributed by atoms with E-state index in [9.17, 15) is 18.0 Å². The highest BCUT2D eigenvalue weighted by Gasteiger charge is 2.27. The SMILES string of the molecule is C[C@H]1CN(C(=O)COC(=O)c2ccc3c(c2)CCCN3S(C)(=O)=O)C[C@H](C)O1. The van der Waals surface area contributed by atoms with Crippen molar-refractivity contribution in [2.24, 2.45) is 0 Å². The minimum atomic E-state index is -3.36. The van der Waals surface area contributed by atoms with Gasteiger partial charge in [0.2, 0.25) is 10.0 Å². The Balaban J connectivity index is 1.64. The van der Waals surface area contributed by atoms with Gasteiger partial charge in [0.1, 0.15) is 0 Å². The van der Waals surface area contributed by atoms with Crippen molar-refractivity contribution < 1.29 is 27.5 Å². The Bertz CT molecular complexity index is 859. The standard InChI is InChI=1S/C19H26N2O6S/c1-13-10-20(11-14(2)27-13)18(22)12-26-19(23)16-6-7-17-15(9-16)5-4-8-21(17)28(3,24)25/h6-7,9,13-14H,4-5,8,10-12H2,1-3H3/t13-,14-/m0/s1. The Kier molecular flexibility index (Phi) is 5.95. The fourth-order valence-electron chi connectivity index (χ4n) is 3.72. The number of carbonyl (C=O) groups excluding carboxylic acids is 2. The van der Waals surface area contributed by atoms with E-state index in [1.165, 1.54) is 16.6 Å². The summed E-state index contributed by atoms with van der Waals surface area (Å²) in [5, 5.41) is 0. The first kappa shape index (κ1) is 20.6. The maximum Gasteiger partial charge on any atom is 0.338 e. The first-order chi connectivity index (χ1) is 13.1. The van der Waals surface area contributed by atoms with E-state index in [0.29, 0.717) is 43.7 Å². The summed E-state index contributed by atoms with van der Waals surface area (Å²) in [5.74, 6) is -0.849. The number of benzene rings is 1. The normalized spacial score (nSPS) is 22.5. The molecule has 0 aromatic heterocycles. The summed E-state index contributed by atoms with van der Waals surface area (Å²) in [4.78, 5) is 26.3. The largest absolute Gasteiger partial charge is 0.452 e. The van der Waals surface area contributed by atoms with Crippen LogP contribution in [-0.2, 0) is 30.7 Å². The van der Waals surface area contributed by atoms with E-state index < -0.39 is 16.0 Å². The second kappa shape index (κ2) is 8.08. The van der Waals surface area contributed by atoms with Crippen LogP contribution in [0.15, 0.2) is 18.2 Å². The quantitative estimate of drug-likeness (QED) is 0.693. The molecule has 1 saturated heterocycles. The van der Waals surface area contributed by atoms with Gasteiger partial charge in [0.05, 0.1) is 29.7 Å². The highest BCUT2D eigenvalue weighted by Crippen LogP contribution is 2.30. The number of hydrogen-bond donors (Lipinski definition) is 0. The maximum absolute atomic E-state index is 12.4. The van der Waals surface area contributed by atoms with E-state index in [4.69, 9.17) is 9.47 Å². The van der Waals surface area contributed by atoms with Crippen molar-refractivity contribution in [1.29, 1.82) is 0 Å². The third kappa shape index (κ3) is 4.64. The van der Waals surface area contributed by atoms with Crippen molar-refractivity contribution in [2.45, 2.75) is 38.9 Å². The van der Waals surface area contributed by atoms with E-state index in [1.54, 1.807) is 17.0 Å². The molecule has 2 aliphatic heterocycles. The van der Waals surface area contributed by atoms with Crippen LogP contribution in [0, 0.1) is 0 Å². The first-order valence-corrected chi connectivity index (χ1v) is 11.2. The molecule has 2 atom stereocenters. The molecule has 0 bridgehead atoms. The third-order valence-electron chi connectivity index (χ3n) is 4.89. The highest BCUT2D eigenvalue weighted by molar-refractivity contribution is 7.92. The second-order valence-electron chi connectivity index (χ2n) is 7.41. The average Bonchev–Trinajstić information content (AvgIpc) is 2.63. The zero-order valence-electron chi connectivity index (χ0n) is 16.4. The Morgan fingerprint density at radius 3 is 2.54 bits per heavy atom. The molecule has 1 aromatic carbocycles. The molecule has 1 amide bonds. The number of morpholine rings is 1. The third-order valence-corrected chi connectivity index (χ3v) is 6.07. The number of hydrogen-bond acceptors (Lipinski definition) is 6. The Labute approximate surface area is 165 Å². The van der Waals surface area contributed by atoms with Crippen molar-refractivity contribution in [3.63, 3.8) is 0 Å². The van der Waals surface area contributed by atoms with Crippen molar-refractivity contribution >= 4 is 27.6 Å². The lowest BCUT2D eigenvalue weighted by Crippen LogP contribution is -2.49. The minimum Gasteiger partial charge on any atom is -0.452 e. The number of amides is 1. The summed E-state index contributed by atoms with van der Waals surface area (Å²) in [5.41, 5.74) is 1.69. The maximum atomic E-state index is 12.4. The van der Waals surface area contributed by atoms with E-state index in [1.807, 2.05) is 13.8 Å². The number of nitrogens with zero attached hydrogens (tertiary/aromatic N) is 2. The molecule has 0 spiro atoms.